The molecule has 4 nitrogen and oxygen atoms in total. The first-order valence-electron chi connectivity index (χ1n) is 5.23. The van der Waals surface area contributed by atoms with Gasteiger partial charge in [-0.05, 0) is 26.9 Å². The van der Waals surface area contributed by atoms with Crippen LogP contribution in [0.4, 0.5) is 0 Å². The Morgan fingerprint density at radius 1 is 1.17 bits per heavy atom. The van der Waals surface area contributed by atoms with E-state index < -0.39 is 0 Å². The number of hydrogen-bond acceptors (Lipinski definition) is 3. The smallest absolute Gasteiger partial charge is 0.545 e. The summed E-state index contributed by atoms with van der Waals surface area (Å²) in [5.41, 5.74) is 1.17. The molecular weight excluding hydrogens is 317 g/mol. The molecule has 0 heterocycles. The van der Waals surface area contributed by atoms with E-state index in [2.05, 4.69) is 43.7 Å². The van der Waals surface area contributed by atoms with Crippen LogP contribution in [0.3, 0.4) is 0 Å². The van der Waals surface area contributed by atoms with E-state index in [1.807, 2.05) is 13.8 Å². The van der Waals surface area contributed by atoms with E-state index in [0.29, 0.717) is 6.54 Å². The molecule has 0 rings (SSSR count). The predicted molar refractivity (Wildman–Crippen MR) is 73.2 cm³/mol. The quantitative estimate of drug-likeness (QED) is 0.341. The van der Waals surface area contributed by atoms with Gasteiger partial charge in [-0.2, -0.15) is 0 Å². The minimum Gasteiger partial charge on any atom is -0.545 e. The third-order valence-corrected chi connectivity index (χ3v) is 1.42. The van der Waals surface area contributed by atoms with Crippen molar-refractivity contribution in [3.63, 3.8) is 0 Å². The summed E-state index contributed by atoms with van der Waals surface area (Å²) in [5.74, 6) is 0. The van der Waals surface area contributed by atoms with Crippen LogP contribution in [0.5, 0.6) is 0 Å². The summed E-state index contributed by atoms with van der Waals surface area (Å²) in [5, 5.41) is 0. The van der Waals surface area contributed by atoms with E-state index in [0.717, 1.165) is 19.6 Å². The van der Waals surface area contributed by atoms with Crippen molar-refractivity contribution in [1.82, 2.24) is 4.90 Å². The van der Waals surface area contributed by atoms with E-state index in [-0.39, 0.29) is 19.5 Å². The van der Waals surface area contributed by atoms with Crippen molar-refractivity contribution in [2.24, 2.45) is 0 Å². The molecule has 0 aromatic carbocycles. The normalized spacial score (nSPS) is 6.67. The van der Waals surface area contributed by atoms with Crippen LogP contribution in [0, 0.1) is 6.57 Å². The van der Waals surface area contributed by atoms with Crippen LogP contribution in [0.2, 0.25) is 0 Å². The molecule has 0 atom stereocenters. The maximum absolute atomic E-state index is 7.75. The number of allylic oxidation sites excluding steroid dienone is 1. The summed E-state index contributed by atoms with van der Waals surface area (Å²) in [7, 11) is 0. The minimum atomic E-state index is 0. The molecule has 1 radical (unpaired) electrons. The summed E-state index contributed by atoms with van der Waals surface area (Å²) < 4.78 is 0. The van der Waals surface area contributed by atoms with Gasteiger partial charge in [0.25, 0.3) is 0 Å². The van der Waals surface area contributed by atoms with Crippen molar-refractivity contribution in [2.45, 2.75) is 27.7 Å². The molecule has 0 aliphatic heterocycles. The summed E-state index contributed by atoms with van der Waals surface area (Å²) in [4.78, 5) is 21.0. The molecule has 0 aliphatic rings. The Balaban J connectivity index is -0.0000000532. The molecule has 105 valence electrons. The molecule has 0 saturated heterocycles. The maximum atomic E-state index is 7.75. The van der Waals surface area contributed by atoms with E-state index in [1.54, 1.807) is 0 Å². The number of likely N-dealkylation sites (N-methyl/N-ethyl adjacent to an activating group) is 1. The van der Waals surface area contributed by atoms with Gasteiger partial charge in [0.2, 0.25) is 6.54 Å². The van der Waals surface area contributed by atoms with Crippen molar-refractivity contribution >= 4 is 13.6 Å². The Bertz CT molecular complexity index is 184. The summed E-state index contributed by atoms with van der Waals surface area (Å²) >= 11 is 0. The maximum Gasteiger partial charge on any atom is 3.00 e. The summed E-state index contributed by atoms with van der Waals surface area (Å²) in [6, 6.07) is 0. The van der Waals surface area contributed by atoms with Crippen LogP contribution in [0.25, 0.3) is 4.85 Å². The molecule has 0 N–H and O–H groups in total. The van der Waals surface area contributed by atoms with Gasteiger partial charge in [0.05, 0.1) is 6.54 Å². The third kappa shape index (κ3) is 59.3. The van der Waals surface area contributed by atoms with Crippen LogP contribution in [-0.2, 0) is 29.1 Å². The molecular formula is C13H24N2O2Ru+. The average Bonchev–Trinajstić information content (AvgIpc) is 2.35. The molecule has 0 aliphatic carbocycles. The number of hydrogen-bond donors (Lipinski definition) is 0. The average molecular weight is 341 g/mol. The molecule has 5 heteroatoms. The third-order valence-electron chi connectivity index (χ3n) is 1.42. The monoisotopic (exact) mass is 342 g/mol. The predicted octanol–water partition coefficient (Wildman–Crippen LogP) is 2.28. The Labute approximate surface area is 125 Å². The zero-order chi connectivity index (χ0) is 14.7. The summed E-state index contributed by atoms with van der Waals surface area (Å²) in [6.45, 7) is 28.5. The van der Waals surface area contributed by atoms with E-state index in [4.69, 9.17) is 16.2 Å². The van der Waals surface area contributed by atoms with Gasteiger partial charge < -0.3 is 14.4 Å². The largest absolute Gasteiger partial charge is 3.00 e. The van der Waals surface area contributed by atoms with E-state index in [1.165, 1.54) is 5.57 Å². The fraction of sp³-hybridized carbons (Fsp3) is 0.615. The van der Waals surface area contributed by atoms with E-state index >= 15 is 0 Å². The zero-order valence-electron chi connectivity index (χ0n) is 11.8. The Kier molecular flexibility index (Phi) is 60.6. The summed E-state index contributed by atoms with van der Waals surface area (Å²) in [6.07, 6.45) is 0. The molecule has 0 aromatic rings. The van der Waals surface area contributed by atoms with Crippen LogP contribution < -0.4 is 0 Å². The fourth-order valence-corrected chi connectivity index (χ4v) is 0.731. The standard InChI is InChI=1S/C7H14N2.C4H8.2CHO.Ru/c1-4-9(5-2)7-6-8-3;1-4(2)3;2*1-2;/h4-7H2,1-2H3;1H2,2-3H3;2*1H;/q;;2*-1;+3. The van der Waals surface area contributed by atoms with Crippen LogP contribution >= 0.6 is 0 Å². The van der Waals surface area contributed by atoms with Crippen molar-refractivity contribution in [2.75, 3.05) is 26.2 Å². The minimum absolute atomic E-state index is 0. The molecule has 0 aromatic heterocycles. The van der Waals surface area contributed by atoms with Gasteiger partial charge in [0, 0.05) is 0 Å². The fourth-order valence-electron chi connectivity index (χ4n) is 0.731. The number of rotatable bonds is 4. The topological polar surface area (TPSA) is 41.7 Å². The zero-order valence-corrected chi connectivity index (χ0v) is 13.5. The first kappa shape index (κ1) is 30.3. The van der Waals surface area contributed by atoms with Gasteiger partial charge >= 0.3 is 19.5 Å². The van der Waals surface area contributed by atoms with Crippen LogP contribution in [-0.4, -0.2) is 44.7 Å². The number of nitrogens with zero attached hydrogens (tertiary/aromatic N) is 2. The molecule has 0 unspecified atom stereocenters. The Hall–Kier alpha value is -0.847. The van der Waals surface area contributed by atoms with Gasteiger partial charge in [-0.15, -0.1) is 6.58 Å². The molecule has 18 heavy (non-hydrogen) atoms. The van der Waals surface area contributed by atoms with Crippen LogP contribution in [0.15, 0.2) is 12.2 Å². The van der Waals surface area contributed by atoms with Crippen molar-refractivity contribution < 1.29 is 29.1 Å². The molecule has 0 bridgehead atoms. The van der Waals surface area contributed by atoms with Gasteiger partial charge in [0.1, 0.15) is 0 Å². The van der Waals surface area contributed by atoms with Gasteiger partial charge in [-0.1, -0.05) is 19.4 Å². The second-order valence-electron chi connectivity index (χ2n) is 3.12. The van der Waals surface area contributed by atoms with E-state index in [9.17, 15) is 0 Å². The molecule has 0 saturated carbocycles. The first-order valence-corrected chi connectivity index (χ1v) is 5.23. The number of carbonyl (C=O) groups excluding carboxylic acids is 2. The molecule has 0 amide bonds. The molecule has 0 fully saturated rings. The van der Waals surface area contributed by atoms with Crippen molar-refractivity contribution in [3.8, 4) is 0 Å². The Morgan fingerprint density at radius 3 is 1.61 bits per heavy atom. The van der Waals surface area contributed by atoms with Gasteiger partial charge in [-0.3, -0.25) is 18.5 Å². The van der Waals surface area contributed by atoms with Gasteiger partial charge in [0.15, 0.2) is 0 Å². The second-order valence-corrected chi connectivity index (χ2v) is 3.12. The van der Waals surface area contributed by atoms with Crippen molar-refractivity contribution in [1.29, 1.82) is 0 Å². The van der Waals surface area contributed by atoms with Crippen LogP contribution in [0.1, 0.15) is 27.7 Å². The second kappa shape index (κ2) is 36.0. The van der Waals surface area contributed by atoms with Crippen molar-refractivity contribution in [3.05, 3.63) is 23.6 Å². The SMILES string of the molecule is C=C(C)C.[C-]#[N+]CCN(CC)CC.[CH-]=O.[CH-]=O.[Ru+3]. The Morgan fingerprint density at radius 2 is 1.44 bits per heavy atom. The first-order chi connectivity index (χ1) is 8.08. The molecule has 0 spiro atoms. The van der Waals surface area contributed by atoms with Gasteiger partial charge in [-0.25, -0.2) is 6.57 Å².